The Labute approximate surface area is 146 Å². The Hall–Kier alpha value is -2.83. The van der Waals surface area contributed by atoms with Crippen LogP contribution in [0.2, 0.25) is 0 Å². The molecule has 134 valence electrons. The third kappa shape index (κ3) is 5.07. The summed E-state index contributed by atoms with van der Waals surface area (Å²) in [6.45, 7) is 7.17. The number of aromatic nitrogens is 2. The van der Waals surface area contributed by atoms with E-state index >= 15 is 0 Å². The molecule has 0 aliphatic carbocycles. The second-order valence-corrected chi connectivity index (χ2v) is 5.32. The van der Waals surface area contributed by atoms with Crippen molar-refractivity contribution in [2.45, 2.75) is 27.3 Å². The molecule has 1 heterocycles. The highest BCUT2D eigenvalue weighted by Gasteiger charge is 2.11. The number of aryl methyl sites for hydroxylation is 1. The molecule has 2 rings (SSSR count). The summed E-state index contributed by atoms with van der Waals surface area (Å²) in [6.07, 6.45) is 0. The fraction of sp³-hybridized carbons (Fsp3) is 0.389. The van der Waals surface area contributed by atoms with E-state index in [-0.39, 0.29) is 11.5 Å². The number of hydrogen-bond acceptors (Lipinski definition) is 5. The molecule has 0 aliphatic heterocycles. The monoisotopic (exact) mass is 345 g/mol. The number of benzene rings is 1. The number of nitrogens with zero attached hydrogens (tertiary/aromatic N) is 2. The van der Waals surface area contributed by atoms with Crippen molar-refractivity contribution >= 4 is 5.91 Å². The van der Waals surface area contributed by atoms with Crippen LogP contribution in [0.15, 0.2) is 35.1 Å². The third-order valence-electron chi connectivity index (χ3n) is 3.41. The maximum atomic E-state index is 12.3. The maximum Gasteiger partial charge on any atom is 0.266 e. The largest absolute Gasteiger partial charge is 0.490 e. The summed E-state index contributed by atoms with van der Waals surface area (Å²) < 4.78 is 12.3. The van der Waals surface area contributed by atoms with E-state index in [2.05, 4.69) is 10.4 Å². The molecule has 0 saturated carbocycles. The zero-order valence-electron chi connectivity index (χ0n) is 14.7. The molecule has 0 radical (unpaired) electrons. The first kappa shape index (κ1) is 18.5. The standard InChI is InChI=1S/C18H23N3O4/c1-4-24-15-8-7-14(12-16(15)25-5-2)18(23)19-10-11-21-17(22)9-6-13(3)20-21/h6-9,12H,4-5,10-11H2,1-3H3,(H,19,23). The van der Waals surface area contributed by atoms with E-state index in [1.165, 1.54) is 10.7 Å². The summed E-state index contributed by atoms with van der Waals surface area (Å²) in [6, 6.07) is 8.18. The van der Waals surface area contributed by atoms with Crippen molar-refractivity contribution in [3.63, 3.8) is 0 Å². The van der Waals surface area contributed by atoms with Gasteiger partial charge in [0.05, 0.1) is 25.5 Å². The van der Waals surface area contributed by atoms with Crippen LogP contribution in [0.25, 0.3) is 0 Å². The van der Waals surface area contributed by atoms with Crippen LogP contribution in [0.1, 0.15) is 29.9 Å². The summed E-state index contributed by atoms with van der Waals surface area (Å²) in [5.41, 5.74) is 1.02. The molecule has 1 aromatic carbocycles. The quantitative estimate of drug-likeness (QED) is 0.788. The fourth-order valence-electron chi connectivity index (χ4n) is 2.28. The molecule has 7 nitrogen and oxygen atoms in total. The van der Waals surface area contributed by atoms with E-state index in [1.54, 1.807) is 24.3 Å². The molecule has 0 aliphatic rings. The zero-order valence-corrected chi connectivity index (χ0v) is 14.7. The van der Waals surface area contributed by atoms with Crippen LogP contribution in [0, 0.1) is 6.92 Å². The van der Waals surface area contributed by atoms with Gasteiger partial charge in [-0.1, -0.05) is 0 Å². The number of ether oxygens (including phenoxy) is 2. The van der Waals surface area contributed by atoms with Crippen molar-refractivity contribution in [1.82, 2.24) is 15.1 Å². The first-order valence-corrected chi connectivity index (χ1v) is 8.27. The van der Waals surface area contributed by atoms with Gasteiger partial charge >= 0.3 is 0 Å². The Morgan fingerprint density at radius 3 is 2.56 bits per heavy atom. The van der Waals surface area contributed by atoms with Crippen LogP contribution in [-0.4, -0.2) is 35.4 Å². The Morgan fingerprint density at radius 2 is 1.84 bits per heavy atom. The summed E-state index contributed by atoms with van der Waals surface area (Å²) in [5.74, 6) is 0.898. The highest BCUT2D eigenvalue weighted by Crippen LogP contribution is 2.28. The van der Waals surface area contributed by atoms with Crippen molar-refractivity contribution in [2.24, 2.45) is 0 Å². The highest BCUT2D eigenvalue weighted by atomic mass is 16.5. The molecule has 1 N–H and O–H groups in total. The molecule has 0 atom stereocenters. The molecule has 1 amide bonds. The molecule has 2 aromatic rings. The van der Waals surface area contributed by atoms with Gasteiger partial charge in [0.2, 0.25) is 0 Å². The van der Waals surface area contributed by atoms with E-state index in [0.717, 1.165) is 5.69 Å². The van der Waals surface area contributed by atoms with Crippen LogP contribution < -0.4 is 20.3 Å². The lowest BCUT2D eigenvalue weighted by atomic mass is 10.2. The lowest BCUT2D eigenvalue weighted by Crippen LogP contribution is -2.32. The number of nitrogens with one attached hydrogen (secondary N) is 1. The van der Waals surface area contributed by atoms with E-state index < -0.39 is 0 Å². The number of amides is 1. The summed E-state index contributed by atoms with van der Waals surface area (Å²) >= 11 is 0. The lowest BCUT2D eigenvalue weighted by molar-refractivity contribution is 0.0951. The van der Waals surface area contributed by atoms with Crippen LogP contribution in [0.4, 0.5) is 0 Å². The summed E-state index contributed by atoms with van der Waals surface area (Å²) in [7, 11) is 0. The number of rotatable bonds is 8. The second-order valence-electron chi connectivity index (χ2n) is 5.32. The minimum absolute atomic E-state index is 0.195. The van der Waals surface area contributed by atoms with E-state index in [4.69, 9.17) is 9.47 Å². The topological polar surface area (TPSA) is 82.5 Å². The smallest absolute Gasteiger partial charge is 0.266 e. The molecule has 25 heavy (non-hydrogen) atoms. The minimum atomic E-state index is -0.246. The fourth-order valence-corrected chi connectivity index (χ4v) is 2.28. The summed E-state index contributed by atoms with van der Waals surface area (Å²) in [4.78, 5) is 24.0. The van der Waals surface area contributed by atoms with Gasteiger partial charge in [0, 0.05) is 18.2 Å². The van der Waals surface area contributed by atoms with Crippen LogP contribution in [0.3, 0.4) is 0 Å². The molecule has 0 spiro atoms. The van der Waals surface area contributed by atoms with Gasteiger partial charge in [0.1, 0.15) is 0 Å². The van der Waals surface area contributed by atoms with Gasteiger partial charge in [-0.15, -0.1) is 0 Å². The van der Waals surface area contributed by atoms with Crippen molar-refractivity contribution < 1.29 is 14.3 Å². The van der Waals surface area contributed by atoms with Gasteiger partial charge < -0.3 is 14.8 Å². The van der Waals surface area contributed by atoms with Crippen LogP contribution in [-0.2, 0) is 6.54 Å². The zero-order chi connectivity index (χ0) is 18.2. The van der Waals surface area contributed by atoms with Gasteiger partial charge in [0.25, 0.3) is 11.5 Å². The van der Waals surface area contributed by atoms with Crippen molar-refractivity contribution in [3.8, 4) is 11.5 Å². The molecule has 1 aromatic heterocycles. The average molecular weight is 345 g/mol. The molecule has 0 saturated heterocycles. The molecule has 0 unspecified atom stereocenters. The van der Waals surface area contributed by atoms with Gasteiger partial charge in [-0.25, -0.2) is 4.68 Å². The van der Waals surface area contributed by atoms with Gasteiger partial charge in [0.15, 0.2) is 11.5 Å². The number of carbonyl (C=O) groups is 1. The lowest BCUT2D eigenvalue weighted by Gasteiger charge is -2.12. The highest BCUT2D eigenvalue weighted by molar-refractivity contribution is 5.94. The molecule has 0 fully saturated rings. The van der Waals surface area contributed by atoms with Crippen LogP contribution >= 0.6 is 0 Å². The van der Waals surface area contributed by atoms with Gasteiger partial charge in [-0.3, -0.25) is 9.59 Å². The van der Waals surface area contributed by atoms with E-state index in [1.807, 2.05) is 20.8 Å². The van der Waals surface area contributed by atoms with Gasteiger partial charge in [-0.05, 0) is 45.0 Å². The summed E-state index contributed by atoms with van der Waals surface area (Å²) in [5, 5.41) is 6.91. The number of hydrogen-bond donors (Lipinski definition) is 1. The third-order valence-corrected chi connectivity index (χ3v) is 3.41. The average Bonchev–Trinajstić information content (AvgIpc) is 2.59. The Balaban J connectivity index is 2.01. The SMILES string of the molecule is CCOc1ccc(C(=O)NCCn2nc(C)ccc2=O)cc1OCC. The van der Waals surface area contributed by atoms with Gasteiger partial charge in [-0.2, -0.15) is 5.10 Å². The van der Waals surface area contributed by atoms with E-state index in [9.17, 15) is 9.59 Å². The van der Waals surface area contributed by atoms with E-state index in [0.29, 0.717) is 43.4 Å². The normalized spacial score (nSPS) is 10.4. The first-order chi connectivity index (χ1) is 12.0. The van der Waals surface area contributed by atoms with Crippen molar-refractivity contribution in [2.75, 3.05) is 19.8 Å². The number of carbonyl (C=O) groups excluding carboxylic acids is 1. The van der Waals surface area contributed by atoms with Crippen molar-refractivity contribution in [3.05, 3.63) is 51.9 Å². The Bertz CT molecular complexity index is 786. The molecular formula is C18H23N3O4. The first-order valence-electron chi connectivity index (χ1n) is 8.27. The molecule has 0 bridgehead atoms. The van der Waals surface area contributed by atoms with Crippen molar-refractivity contribution in [1.29, 1.82) is 0 Å². The predicted molar refractivity (Wildman–Crippen MR) is 94.3 cm³/mol. The minimum Gasteiger partial charge on any atom is -0.490 e. The Kier molecular flexibility index (Phi) is 6.56. The predicted octanol–water partition coefficient (Wildman–Crippen LogP) is 1.78. The maximum absolute atomic E-state index is 12.3. The Morgan fingerprint density at radius 1 is 1.12 bits per heavy atom. The second kappa shape index (κ2) is 8.86. The molecular weight excluding hydrogens is 322 g/mol. The molecule has 7 heteroatoms. The van der Waals surface area contributed by atoms with Crippen LogP contribution in [0.5, 0.6) is 11.5 Å².